The Morgan fingerprint density at radius 3 is 2.60 bits per heavy atom. The molecule has 1 N–H and O–H groups in total. The lowest BCUT2D eigenvalue weighted by molar-refractivity contribution is -0.0495. The number of nitrogens with zero attached hydrogens (tertiary/aromatic N) is 1. The van der Waals surface area contributed by atoms with Gasteiger partial charge in [-0.2, -0.15) is 8.78 Å². The Morgan fingerprint density at radius 2 is 1.90 bits per heavy atom. The van der Waals surface area contributed by atoms with Crippen LogP contribution in [-0.2, 0) is 6.61 Å². The highest BCUT2D eigenvalue weighted by molar-refractivity contribution is 6.04. The summed E-state index contributed by atoms with van der Waals surface area (Å²) in [5, 5.41) is 6.12. The van der Waals surface area contributed by atoms with Gasteiger partial charge in [-0.15, -0.1) is 0 Å². The van der Waals surface area contributed by atoms with Gasteiger partial charge in [-0.25, -0.2) is 4.39 Å². The van der Waals surface area contributed by atoms with Crippen molar-refractivity contribution in [3.05, 3.63) is 70.4 Å². The normalized spacial score (nSPS) is 10.9. The number of nitrogens with one attached hydrogen (secondary N) is 1. The van der Waals surface area contributed by atoms with Crippen molar-refractivity contribution in [2.75, 3.05) is 5.32 Å². The average Bonchev–Trinajstić information content (AvgIpc) is 3.05. The largest absolute Gasteiger partial charge is 0.489 e. The summed E-state index contributed by atoms with van der Waals surface area (Å²) in [7, 11) is 0. The number of hydrogen-bond donors (Lipinski definition) is 1. The van der Waals surface area contributed by atoms with Crippen LogP contribution >= 0.6 is 0 Å². The highest BCUT2D eigenvalue weighted by atomic mass is 19.3. The number of benzene rings is 2. The summed E-state index contributed by atoms with van der Waals surface area (Å²) in [5.41, 5.74) is 2.34. The zero-order valence-corrected chi connectivity index (χ0v) is 16.5. The number of alkyl halides is 2. The predicted octanol–water partition coefficient (Wildman–Crippen LogP) is 5.17. The van der Waals surface area contributed by atoms with Crippen molar-refractivity contribution in [1.29, 1.82) is 0 Å². The molecule has 0 bridgehead atoms. The minimum Gasteiger partial charge on any atom is -0.489 e. The van der Waals surface area contributed by atoms with E-state index in [9.17, 15) is 18.0 Å². The summed E-state index contributed by atoms with van der Waals surface area (Å²) >= 11 is 0. The number of anilines is 1. The smallest absolute Gasteiger partial charge is 0.387 e. The van der Waals surface area contributed by atoms with Crippen LogP contribution in [0.25, 0.3) is 0 Å². The molecule has 2 aromatic carbocycles. The lowest BCUT2D eigenvalue weighted by Gasteiger charge is -2.12. The SMILES string of the molecule is Cc1ccc(OCc2c(C(=O)Nc3ccc(F)cc3OC(F)F)noc2C)cc1C. The molecule has 0 aliphatic rings. The highest BCUT2D eigenvalue weighted by Gasteiger charge is 2.22. The molecule has 0 radical (unpaired) electrons. The van der Waals surface area contributed by atoms with E-state index in [1.807, 2.05) is 26.0 Å². The molecule has 0 saturated heterocycles. The number of aryl methyl sites for hydroxylation is 3. The van der Waals surface area contributed by atoms with Crippen molar-refractivity contribution < 1.29 is 32.0 Å². The van der Waals surface area contributed by atoms with E-state index in [0.717, 1.165) is 29.3 Å². The third kappa shape index (κ3) is 4.91. The molecule has 0 saturated carbocycles. The van der Waals surface area contributed by atoms with Gasteiger partial charge < -0.3 is 19.3 Å². The molecule has 1 heterocycles. The summed E-state index contributed by atoms with van der Waals surface area (Å²) in [6.45, 7) is 2.37. The Morgan fingerprint density at radius 1 is 1.13 bits per heavy atom. The van der Waals surface area contributed by atoms with Gasteiger partial charge in [0.15, 0.2) is 11.4 Å². The van der Waals surface area contributed by atoms with E-state index >= 15 is 0 Å². The summed E-state index contributed by atoms with van der Waals surface area (Å²) in [5.74, 6) is -1.06. The molecule has 0 fully saturated rings. The maximum Gasteiger partial charge on any atom is 0.387 e. The molecule has 30 heavy (non-hydrogen) atoms. The fourth-order valence-electron chi connectivity index (χ4n) is 2.67. The van der Waals surface area contributed by atoms with Crippen LogP contribution in [0.15, 0.2) is 40.9 Å². The molecule has 0 unspecified atom stereocenters. The molecule has 0 aliphatic carbocycles. The summed E-state index contributed by atoms with van der Waals surface area (Å²) in [6.07, 6.45) is 0. The molecule has 9 heteroatoms. The van der Waals surface area contributed by atoms with E-state index in [-0.39, 0.29) is 18.0 Å². The second kappa shape index (κ2) is 8.89. The summed E-state index contributed by atoms with van der Waals surface area (Å²) in [6, 6.07) is 8.45. The number of ether oxygens (including phenoxy) is 2. The fraction of sp³-hybridized carbons (Fsp3) is 0.238. The second-order valence-corrected chi connectivity index (χ2v) is 6.57. The van der Waals surface area contributed by atoms with E-state index in [4.69, 9.17) is 9.26 Å². The Bertz CT molecular complexity index is 1070. The third-order valence-corrected chi connectivity index (χ3v) is 4.47. The Kier molecular flexibility index (Phi) is 6.29. The van der Waals surface area contributed by atoms with E-state index in [1.54, 1.807) is 13.0 Å². The maximum atomic E-state index is 13.4. The molecule has 0 aliphatic heterocycles. The zero-order valence-electron chi connectivity index (χ0n) is 16.5. The van der Waals surface area contributed by atoms with Crippen LogP contribution in [0.1, 0.15) is 32.9 Å². The topological polar surface area (TPSA) is 73.6 Å². The minimum absolute atomic E-state index is 0.00436. The molecule has 3 rings (SSSR count). The van der Waals surface area contributed by atoms with Crippen LogP contribution in [0.2, 0.25) is 0 Å². The van der Waals surface area contributed by atoms with E-state index in [2.05, 4.69) is 15.2 Å². The summed E-state index contributed by atoms with van der Waals surface area (Å²) in [4.78, 5) is 12.7. The molecule has 0 atom stereocenters. The van der Waals surface area contributed by atoms with Gasteiger partial charge >= 0.3 is 6.61 Å². The number of amides is 1. The van der Waals surface area contributed by atoms with Crippen molar-refractivity contribution in [2.24, 2.45) is 0 Å². The van der Waals surface area contributed by atoms with Gasteiger partial charge in [0.1, 0.15) is 23.9 Å². The van der Waals surface area contributed by atoms with Gasteiger partial charge in [-0.1, -0.05) is 11.2 Å². The Hall–Kier alpha value is -3.49. The fourth-order valence-corrected chi connectivity index (χ4v) is 2.67. The van der Waals surface area contributed by atoms with Gasteiger partial charge in [-0.05, 0) is 56.2 Å². The number of halogens is 3. The molecular formula is C21H19F3N2O4. The quantitative estimate of drug-likeness (QED) is 0.571. The Balaban J connectivity index is 1.79. The van der Waals surface area contributed by atoms with Gasteiger partial charge in [0.2, 0.25) is 0 Å². The van der Waals surface area contributed by atoms with Crippen LogP contribution in [0.3, 0.4) is 0 Å². The number of rotatable bonds is 7. The average molecular weight is 420 g/mol. The van der Waals surface area contributed by atoms with Crippen molar-refractivity contribution in [2.45, 2.75) is 34.0 Å². The molecule has 158 valence electrons. The van der Waals surface area contributed by atoms with Gasteiger partial charge in [0.05, 0.1) is 11.3 Å². The van der Waals surface area contributed by atoms with Crippen molar-refractivity contribution in [3.8, 4) is 11.5 Å². The number of aromatic nitrogens is 1. The van der Waals surface area contributed by atoms with Crippen LogP contribution in [-0.4, -0.2) is 17.7 Å². The molecule has 1 amide bonds. The molecule has 0 spiro atoms. The lowest BCUT2D eigenvalue weighted by Crippen LogP contribution is -2.17. The predicted molar refractivity (Wildman–Crippen MR) is 102 cm³/mol. The highest BCUT2D eigenvalue weighted by Crippen LogP contribution is 2.28. The minimum atomic E-state index is -3.18. The second-order valence-electron chi connectivity index (χ2n) is 6.57. The van der Waals surface area contributed by atoms with Crippen molar-refractivity contribution in [1.82, 2.24) is 5.16 Å². The monoisotopic (exact) mass is 420 g/mol. The number of hydrogen-bond acceptors (Lipinski definition) is 5. The van der Waals surface area contributed by atoms with Gasteiger partial charge in [0.25, 0.3) is 5.91 Å². The summed E-state index contributed by atoms with van der Waals surface area (Å²) < 4.78 is 53.6. The van der Waals surface area contributed by atoms with Gasteiger partial charge in [0, 0.05) is 6.07 Å². The zero-order chi connectivity index (χ0) is 21.8. The molecule has 1 aromatic heterocycles. The standard InChI is InChI=1S/C21H19F3N2O4/c1-11-4-6-15(8-12(11)2)28-10-16-13(3)30-26-19(16)20(27)25-17-7-5-14(22)9-18(17)29-21(23)24/h4-9,21H,10H2,1-3H3,(H,25,27). The van der Waals surface area contributed by atoms with E-state index in [0.29, 0.717) is 17.1 Å². The third-order valence-electron chi connectivity index (χ3n) is 4.47. The van der Waals surface area contributed by atoms with E-state index < -0.39 is 24.1 Å². The lowest BCUT2D eigenvalue weighted by atomic mass is 10.1. The first kappa shape index (κ1) is 21.2. The maximum absolute atomic E-state index is 13.4. The first-order chi connectivity index (χ1) is 14.2. The molecule has 6 nitrogen and oxygen atoms in total. The van der Waals surface area contributed by atoms with Crippen LogP contribution < -0.4 is 14.8 Å². The number of carbonyl (C=O) groups excluding carboxylic acids is 1. The van der Waals surface area contributed by atoms with E-state index in [1.165, 1.54) is 0 Å². The Labute approximate surface area is 170 Å². The van der Waals surface area contributed by atoms with Crippen LogP contribution in [0, 0.1) is 26.6 Å². The van der Waals surface area contributed by atoms with Crippen molar-refractivity contribution in [3.63, 3.8) is 0 Å². The number of carbonyl (C=O) groups is 1. The first-order valence-electron chi connectivity index (χ1n) is 8.95. The van der Waals surface area contributed by atoms with Crippen molar-refractivity contribution >= 4 is 11.6 Å². The molecular weight excluding hydrogens is 401 g/mol. The van der Waals surface area contributed by atoms with Crippen LogP contribution in [0.5, 0.6) is 11.5 Å². The van der Waals surface area contributed by atoms with Crippen LogP contribution in [0.4, 0.5) is 18.9 Å². The van der Waals surface area contributed by atoms with Gasteiger partial charge in [-0.3, -0.25) is 4.79 Å². The molecule has 3 aromatic rings. The first-order valence-corrected chi connectivity index (χ1v) is 8.95.